The van der Waals surface area contributed by atoms with Crippen LogP contribution in [0.2, 0.25) is 0 Å². The number of carbonyl (C=O) groups is 1. The summed E-state index contributed by atoms with van der Waals surface area (Å²) in [4.78, 5) is 12.5. The molecule has 0 aliphatic rings. The third kappa shape index (κ3) is 4.91. The molecular weight excluding hydrogens is 154 g/mol. The highest BCUT2D eigenvalue weighted by Crippen LogP contribution is 1.98. The van der Waals surface area contributed by atoms with Gasteiger partial charge in [-0.3, -0.25) is 4.79 Å². The van der Waals surface area contributed by atoms with Gasteiger partial charge in [-0.05, 0) is 13.5 Å². The molecule has 0 heterocycles. The predicted octanol–water partition coefficient (Wildman–Crippen LogP) is 1.21. The maximum Gasteiger partial charge on any atom is 0.307 e. The summed E-state index contributed by atoms with van der Waals surface area (Å²) >= 11 is 0. The summed E-state index contributed by atoms with van der Waals surface area (Å²) in [7, 11) is 1.92. The van der Waals surface area contributed by atoms with Crippen molar-refractivity contribution < 1.29 is 9.90 Å². The van der Waals surface area contributed by atoms with Crippen molar-refractivity contribution in [3.63, 3.8) is 0 Å². The lowest BCUT2D eigenvalue weighted by atomic mass is 10.2. The van der Waals surface area contributed by atoms with Crippen LogP contribution >= 0.6 is 0 Å². The molecule has 1 N–H and O–H groups in total. The maximum absolute atomic E-state index is 10.5. The van der Waals surface area contributed by atoms with Gasteiger partial charge in [-0.15, -0.1) is 6.58 Å². The fraction of sp³-hybridized carbons (Fsp3) is 0.667. The quantitative estimate of drug-likeness (QED) is 0.611. The average molecular weight is 171 g/mol. The Kier molecular flexibility index (Phi) is 5.37. The SMILES string of the molecule is C=CCCN(C)CC(C)C(=O)O. The third-order valence-electron chi connectivity index (χ3n) is 1.72. The molecule has 1 atom stereocenters. The second-order valence-electron chi connectivity index (χ2n) is 3.08. The lowest BCUT2D eigenvalue weighted by molar-refractivity contribution is -0.141. The Morgan fingerprint density at radius 2 is 2.33 bits per heavy atom. The normalized spacial score (nSPS) is 12.9. The van der Waals surface area contributed by atoms with Gasteiger partial charge in [0.2, 0.25) is 0 Å². The lowest BCUT2D eigenvalue weighted by Crippen LogP contribution is -2.29. The van der Waals surface area contributed by atoms with Crippen LogP contribution < -0.4 is 0 Å². The van der Waals surface area contributed by atoms with E-state index in [1.165, 1.54) is 0 Å². The van der Waals surface area contributed by atoms with Crippen LogP contribution in [-0.4, -0.2) is 36.1 Å². The molecule has 3 heteroatoms. The van der Waals surface area contributed by atoms with Crippen LogP contribution in [0.1, 0.15) is 13.3 Å². The van der Waals surface area contributed by atoms with E-state index in [1.54, 1.807) is 6.92 Å². The molecule has 0 aromatic rings. The molecule has 70 valence electrons. The number of hydrogen-bond donors (Lipinski definition) is 1. The standard InChI is InChI=1S/C9H17NO2/c1-4-5-6-10(3)7-8(2)9(11)12/h4,8H,1,5-7H2,2-3H3,(H,11,12). The van der Waals surface area contributed by atoms with Crippen LogP contribution in [0, 0.1) is 5.92 Å². The van der Waals surface area contributed by atoms with Crippen LogP contribution in [0.15, 0.2) is 12.7 Å². The van der Waals surface area contributed by atoms with Crippen molar-refractivity contribution in [2.24, 2.45) is 5.92 Å². The zero-order chi connectivity index (χ0) is 9.56. The molecule has 12 heavy (non-hydrogen) atoms. The number of rotatable bonds is 6. The first-order valence-electron chi connectivity index (χ1n) is 4.10. The molecule has 3 nitrogen and oxygen atoms in total. The van der Waals surface area contributed by atoms with Crippen molar-refractivity contribution in [2.45, 2.75) is 13.3 Å². The zero-order valence-corrected chi connectivity index (χ0v) is 7.79. The van der Waals surface area contributed by atoms with Gasteiger partial charge in [-0.25, -0.2) is 0 Å². The van der Waals surface area contributed by atoms with Crippen LogP contribution in [0.5, 0.6) is 0 Å². The van der Waals surface area contributed by atoms with Gasteiger partial charge in [0.15, 0.2) is 0 Å². The second kappa shape index (κ2) is 5.77. The summed E-state index contributed by atoms with van der Waals surface area (Å²) in [5, 5.41) is 8.61. The molecule has 0 saturated heterocycles. The highest BCUT2D eigenvalue weighted by molar-refractivity contribution is 5.69. The van der Waals surface area contributed by atoms with E-state index >= 15 is 0 Å². The second-order valence-corrected chi connectivity index (χ2v) is 3.08. The van der Waals surface area contributed by atoms with E-state index in [1.807, 2.05) is 18.0 Å². The Hall–Kier alpha value is -0.830. The van der Waals surface area contributed by atoms with Crippen molar-refractivity contribution in [1.29, 1.82) is 0 Å². The monoisotopic (exact) mass is 171 g/mol. The minimum Gasteiger partial charge on any atom is -0.481 e. The summed E-state index contributed by atoms with van der Waals surface area (Å²) in [5.41, 5.74) is 0. The number of nitrogens with zero attached hydrogens (tertiary/aromatic N) is 1. The van der Waals surface area contributed by atoms with Gasteiger partial charge < -0.3 is 10.0 Å². The van der Waals surface area contributed by atoms with E-state index in [9.17, 15) is 4.79 Å². The Bertz CT molecular complexity index is 157. The molecular formula is C9H17NO2. The molecule has 1 unspecified atom stereocenters. The van der Waals surface area contributed by atoms with E-state index in [2.05, 4.69) is 6.58 Å². The first-order valence-corrected chi connectivity index (χ1v) is 4.10. The molecule has 0 amide bonds. The number of carboxylic acid groups (broad SMARTS) is 1. The van der Waals surface area contributed by atoms with Crippen molar-refractivity contribution in [2.75, 3.05) is 20.1 Å². The fourth-order valence-electron chi connectivity index (χ4n) is 0.949. The topological polar surface area (TPSA) is 40.5 Å². The first kappa shape index (κ1) is 11.2. The van der Waals surface area contributed by atoms with Crippen molar-refractivity contribution in [3.05, 3.63) is 12.7 Å². The Morgan fingerprint density at radius 1 is 1.75 bits per heavy atom. The fourth-order valence-corrected chi connectivity index (χ4v) is 0.949. The van der Waals surface area contributed by atoms with Gasteiger partial charge in [-0.2, -0.15) is 0 Å². The number of carboxylic acids is 1. The molecule has 0 saturated carbocycles. The molecule has 0 aliphatic carbocycles. The Morgan fingerprint density at radius 3 is 2.75 bits per heavy atom. The minimum atomic E-state index is -0.736. The predicted molar refractivity (Wildman–Crippen MR) is 49.1 cm³/mol. The summed E-state index contributed by atoms with van der Waals surface area (Å²) in [6, 6.07) is 0. The Labute approximate surface area is 73.7 Å². The molecule has 0 radical (unpaired) electrons. The molecule has 0 spiro atoms. The van der Waals surface area contributed by atoms with E-state index in [-0.39, 0.29) is 5.92 Å². The van der Waals surface area contributed by atoms with Crippen molar-refractivity contribution >= 4 is 5.97 Å². The Balaban J connectivity index is 3.60. The smallest absolute Gasteiger partial charge is 0.307 e. The van der Waals surface area contributed by atoms with Crippen molar-refractivity contribution in [1.82, 2.24) is 4.90 Å². The van der Waals surface area contributed by atoms with Crippen LogP contribution in [0.25, 0.3) is 0 Å². The largest absolute Gasteiger partial charge is 0.481 e. The molecule has 0 aromatic carbocycles. The van der Waals surface area contributed by atoms with E-state index in [0.717, 1.165) is 13.0 Å². The van der Waals surface area contributed by atoms with E-state index < -0.39 is 5.97 Å². The van der Waals surface area contributed by atoms with E-state index in [4.69, 9.17) is 5.11 Å². The molecule has 0 bridgehead atoms. The number of aliphatic carboxylic acids is 1. The summed E-state index contributed by atoms with van der Waals surface area (Å²) in [6.45, 7) is 6.80. The lowest BCUT2D eigenvalue weighted by Gasteiger charge is -2.17. The van der Waals surface area contributed by atoms with Gasteiger partial charge in [0.1, 0.15) is 0 Å². The summed E-state index contributed by atoms with van der Waals surface area (Å²) in [5.74, 6) is -1.03. The average Bonchev–Trinajstić information content (AvgIpc) is 2.00. The summed E-state index contributed by atoms with van der Waals surface area (Å²) in [6.07, 6.45) is 2.74. The highest BCUT2D eigenvalue weighted by atomic mass is 16.4. The van der Waals surface area contributed by atoms with Gasteiger partial charge in [-0.1, -0.05) is 13.0 Å². The zero-order valence-electron chi connectivity index (χ0n) is 7.79. The molecule has 0 rings (SSSR count). The minimum absolute atomic E-state index is 0.292. The van der Waals surface area contributed by atoms with E-state index in [0.29, 0.717) is 6.54 Å². The first-order chi connectivity index (χ1) is 5.57. The van der Waals surface area contributed by atoms with Gasteiger partial charge in [0, 0.05) is 13.1 Å². The summed E-state index contributed by atoms with van der Waals surface area (Å²) < 4.78 is 0. The van der Waals surface area contributed by atoms with Gasteiger partial charge in [0.25, 0.3) is 0 Å². The molecule has 0 fully saturated rings. The van der Waals surface area contributed by atoms with Crippen LogP contribution in [0.3, 0.4) is 0 Å². The van der Waals surface area contributed by atoms with Gasteiger partial charge >= 0.3 is 5.97 Å². The van der Waals surface area contributed by atoms with Crippen LogP contribution in [-0.2, 0) is 4.79 Å². The highest BCUT2D eigenvalue weighted by Gasteiger charge is 2.12. The van der Waals surface area contributed by atoms with Gasteiger partial charge in [0.05, 0.1) is 5.92 Å². The van der Waals surface area contributed by atoms with Crippen molar-refractivity contribution in [3.8, 4) is 0 Å². The molecule has 0 aliphatic heterocycles. The molecule has 0 aromatic heterocycles. The number of hydrogen-bond acceptors (Lipinski definition) is 2. The third-order valence-corrected chi connectivity index (χ3v) is 1.72. The van der Waals surface area contributed by atoms with Crippen LogP contribution in [0.4, 0.5) is 0 Å². The maximum atomic E-state index is 10.5.